The van der Waals surface area contributed by atoms with Crippen molar-refractivity contribution >= 4 is 0 Å². The van der Waals surface area contributed by atoms with Crippen LogP contribution >= 0.6 is 0 Å². The second-order valence-corrected chi connectivity index (χ2v) is 5.29. The highest BCUT2D eigenvalue weighted by Crippen LogP contribution is 2.36. The van der Waals surface area contributed by atoms with Crippen LogP contribution in [0.3, 0.4) is 0 Å². The second-order valence-electron chi connectivity index (χ2n) is 5.29. The van der Waals surface area contributed by atoms with Crippen molar-refractivity contribution in [3.05, 3.63) is 23.3 Å². The third-order valence-electron chi connectivity index (χ3n) is 2.85. The van der Waals surface area contributed by atoms with Gasteiger partial charge in [-0.15, -0.1) is 0 Å². The number of aromatic hydroxyl groups is 1. The smallest absolute Gasteiger partial charge is 0.122 e. The van der Waals surface area contributed by atoms with Crippen molar-refractivity contribution in [2.24, 2.45) is 0 Å². The first kappa shape index (κ1) is 13.8. The number of likely N-dealkylation sites (N-methyl/N-ethyl adjacent to an activating group) is 1. The van der Waals surface area contributed by atoms with E-state index in [4.69, 9.17) is 4.74 Å². The molecule has 0 heterocycles. The summed E-state index contributed by atoms with van der Waals surface area (Å²) in [4.78, 5) is 0. The minimum atomic E-state index is -0.0903. The molecule has 0 fully saturated rings. The van der Waals surface area contributed by atoms with E-state index in [0.717, 1.165) is 29.8 Å². The van der Waals surface area contributed by atoms with Gasteiger partial charge in [0.25, 0.3) is 0 Å². The Morgan fingerprint density at radius 1 is 1.29 bits per heavy atom. The molecular formula is C14H23NO2. The molecule has 0 aromatic heterocycles. The van der Waals surface area contributed by atoms with Gasteiger partial charge in [-0.1, -0.05) is 20.8 Å². The van der Waals surface area contributed by atoms with E-state index in [9.17, 15) is 5.11 Å². The zero-order valence-electron chi connectivity index (χ0n) is 11.4. The van der Waals surface area contributed by atoms with Gasteiger partial charge in [-0.25, -0.2) is 0 Å². The zero-order valence-corrected chi connectivity index (χ0v) is 11.4. The lowest BCUT2D eigenvalue weighted by Gasteiger charge is -2.23. The van der Waals surface area contributed by atoms with Crippen molar-refractivity contribution in [3.63, 3.8) is 0 Å². The van der Waals surface area contributed by atoms with Gasteiger partial charge in [-0.2, -0.15) is 0 Å². The number of phenolic OH excluding ortho intramolecular Hbond substituents is 1. The Kier molecular flexibility index (Phi) is 4.40. The number of hydrogen-bond donors (Lipinski definition) is 2. The summed E-state index contributed by atoms with van der Waals surface area (Å²) in [6.07, 6.45) is 0.794. The van der Waals surface area contributed by atoms with E-state index in [1.165, 1.54) is 0 Å². The Bertz CT molecular complexity index is 381. The standard InChI is InChI=1S/C14H23NO2/c1-14(2,3)12-9-11(17-5)8-10(13(12)16)6-7-15-4/h8-9,15-16H,6-7H2,1-5H3. The van der Waals surface area contributed by atoms with Crippen LogP contribution in [-0.2, 0) is 11.8 Å². The summed E-state index contributed by atoms with van der Waals surface area (Å²) in [5, 5.41) is 13.4. The predicted octanol–water partition coefficient (Wildman–Crippen LogP) is 2.46. The van der Waals surface area contributed by atoms with Crippen LogP contribution in [0.25, 0.3) is 0 Å². The highest BCUT2D eigenvalue weighted by Gasteiger charge is 2.21. The molecule has 0 bridgehead atoms. The van der Waals surface area contributed by atoms with Crippen LogP contribution in [0.15, 0.2) is 12.1 Å². The molecule has 3 heteroatoms. The SMILES string of the molecule is CNCCc1cc(OC)cc(C(C)(C)C)c1O. The summed E-state index contributed by atoms with van der Waals surface area (Å²) in [6.45, 7) is 7.10. The lowest BCUT2D eigenvalue weighted by molar-refractivity contribution is 0.402. The van der Waals surface area contributed by atoms with Gasteiger partial charge in [-0.05, 0) is 43.1 Å². The molecule has 96 valence electrons. The molecule has 17 heavy (non-hydrogen) atoms. The number of methoxy groups -OCH3 is 1. The van der Waals surface area contributed by atoms with Crippen molar-refractivity contribution in [1.82, 2.24) is 5.32 Å². The third kappa shape index (κ3) is 3.37. The van der Waals surface area contributed by atoms with E-state index in [-0.39, 0.29) is 5.41 Å². The maximum absolute atomic E-state index is 10.3. The average Bonchev–Trinajstić information content (AvgIpc) is 2.26. The third-order valence-corrected chi connectivity index (χ3v) is 2.85. The number of ether oxygens (including phenoxy) is 1. The van der Waals surface area contributed by atoms with Crippen molar-refractivity contribution in [2.75, 3.05) is 20.7 Å². The predicted molar refractivity (Wildman–Crippen MR) is 71.0 cm³/mol. The fraction of sp³-hybridized carbons (Fsp3) is 0.571. The van der Waals surface area contributed by atoms with Crippen LogP contribution in [0.2, 0.25) is 0 Å². The summed E-state index contributed by atoms with van der Waals surface area (Å²) in [7, 11) is 3.56. The fourth-order valence-electron chi connectivity index (χ4n) is 1.81. The maximum atomic E-state index is 10.3. The molecule has 1 aromatic rings. The lowest BCUT2D eigenvalue weighted by Crippen LogP contribution is -2.14. The molecule has 0 aliphatic heterocycles. The molecule has 0 spiro atoms. The van der Waals surface area contributed by atoms with E-state index in [0.29, 0.717) is 5.75 Å². The molecule has 1 rings (SSSR count). The Morgan fingerprint density at radius 2 is 1.94 bits per heavy atom. The highest BCUT2D eigenvalue weighted by molar-refractivity contribution is 5.49. The number of nitrogens with one attached hydrogen (secondary N) is 1. The summed E-state index contributed by atoms with van der Waals surface area (Å²) < 4.78 is 5.29. The van der Waals surface area contributed by atoms with Crippen molar-refractivity contribution in [1.29, 1.82) is 0 Å². The second kappa shape index (κ2) is 5.41. The molecule has 1 aromatic carbocycles. The van der Waals surface area contributed by atoms with Gasteiger partial charge in [0, 0.05) is 5.56 Å². The molecule has 0 saturated heterocycles. The normalized spacial score (nSPS) is 11.6. The fourth-order valence-corrected chi connectivity index (χ4v) is 1.81. The summed E-state index contributed by atoms with van der Waals surface area (Å²) in [6, 6.07) is 3.82. The van der Waals surface area contributed by atoms with Gasteiger partial charge in [-0.3, -0.25) is 0 Å². The molecular weight excluding hydrogens is 214 g/mol. The summed E-state index contributed by atoms with van der Waals surface area (Å²) >= 11 is 0. The van der Waals surface area contributed by atoms with Crippen molar-refractivity contribution < 1.29 is 9.84 Å². The highest BCUT2D eigenvalue weighted by atomic mass is 16.5. The largest absolute Gasteiger partial charge is 0.507 e. The first-order chi connectivity index (χ1) is 7.90. The van der Waals surface area contributed by atoms with Gasteiger partial charge in [0.1, 0.15) is 11.5 Å². The van der Waals surface area contributed by atoms with Gasteiger partial charge >= 0.3 is 0 Å². The molecule has 0 radical (unpaired) electrons. The first-order valence-electron chi connectivity index (χ1n) is 5.95. The van der Waals surface area contributed by atoms with Crippen LogP contribution in [0.1, 0.15) is 31.9 Å². The Morgan fingerprint density at radius 3 is 2.41 bits per heavy atom. The topological polar surface area (TPSA) is 41.5 Å². The lowest BCUT2D eigenvalue weighted by atomic mass is 9.84. The number of benzene rings is 1. The zero-order chi connectivity index (χ0) is 13.1. The van der Waals surface area contributed by atoms with Crippen LogP contribution in [-0.4, -0.2) is 25.8 Å². The first-order valence-corrected chi connectivity index (χ1v) is 5.95. The van der Waals surface area contributed by atoms with E-state index in [1.807, 2.05) is 19.2 Å². The molecule has 0 saturated carbocycles. The van der Waals surface area contributed by atoms with Gasteiger partial charge < -0.3 is 15.2 Å². The molecule has 3 nitrogen and oxygen atoms in total. The minimum Gasteiger partial charge on any atom is -0.507 e. The van der Waals surface area contributed by atoms with Crippen molar-refractivity contribution in [3.8, 4) is 11.5 Å². The van der Waals surface area contributed by atoms with E-state index >= 15 is 0 Å². The molecule has 0 aliphatic carbocycles. The molecule has 0 unspecified atom stereocenters. The Labute approximate surface area is 104 Å². The summed E-state index contributed by atoms with van der Waals surface area (Å²) in [5.41, 5.74) is 1.78. The quantitative estimate of drug-likeness (QED) is 0.845. The monoisotopic (exact) mass is 237 g/mol. The van der Waals surface area contributed by atoms with Crippen molar-refractivity contribution in [2.45, 2.75) is 32.6 Å². The minimum absolute atomic E-state index is 0.0903. The van der Waals surface area contributed by atoms with Crippen LogP contribution in [0, 0.1) is 0 Å². The Balaban J connectivity index is 3.21. The molecule has 2 N–H and O–H groups in total. The number of hydrogen-bond acceptors (Lipinski definition) is 3. The van der Waals surface area contributed by atoms with E-state index < -0.39 is 0 Å². The number of rotatable bonds is 4. The molecule has 0 atom stereocenters. The molecule has 0 amide bonds. The average molecular weight is 237 g/mol. The van der Waals surface area contributed by atoms with E-state index in [2.05, 4.69) is 26.1 Å². The van der Waals surface area contributed by atoms with Gasteiger partial charge in [0.05, 0.1) is 7.11 Å². The van der Waals surface area contributed by atoms with Gasteiger partial charge in [0.2, 0.25) is 0 Å². The maximum Gasteiger partial charge on any atom is 0.122 e. The number of phenols is 1. The van der Waals surface area contributed by atoms with Crippen LogP contribution < -0.4 is 10.1 Å². The van der Waals surface area contributed by atoms with E-state index in [1.54, 1.807) is 7.11 Å². The van der Waals surface area contributed by atoms with Crippen LogP contribution in [0.4, 0.5) is 0 Å². The molecule has 0 aliphatic rings. The Hall–Kier alpha value is -1.22. The summed E-state index contributed by atoms with van der Waals surface area (Å²) in [5.74, 6) is 1.20. The van der Waals surface area contributed by atoms with Crippen LogP contribution in [0.5, 0.6) is 11.5 Å². The van der Waals surface area contributed by atoms with Gasteiger partial charge in [0.15, 0.2) is 0 Å².